The zero-order valence-electron chi connectivity index (χ0n) is 15.1. The normalized spacial score (nSPS) is 10.7. The van der Waals surface area contributed by atoms with E-state index < -0.39 is 0 Å². The number of halogens is 4. The molecule has 1 N–H and O–H groups in total. The number of benzene rings is 3. The van der Waals surface area contributed by atoms with E-state index in [1.54, 1.807) is 37.1 Å². The van der Waals surface area contributed by atoms with Crippen LogP contribution in [0.2, 0.25) is 20.1 Å². The SMILES string of the molecule is COc1ccc(C(=O)Nc2cc(Cl)c(Cl)cc2Cl)cc1CSc1ccc(Cl)cc1. The Balaban J connectivity index is 1.79. The summed E-state index contributed by atoms with van der Waals surface area (Å²) in [6.45, 7) is 0. The van der Waals surface area contributed by atoms with Crippen molar-refractivity contribution < 1.29 is 9.53 Å². The molecule has 0 saturated carbocycles. The highest BCUT2D eigenvalue weighted by Crippen LogP contribution is 2.33. The predicted molar refractivity (Wildman–Crippen MR) is 123 cm³/mol. The Morgan fingerprint density at radius 1 is 0.931 bits per heavy atom. The fraction of sp³-hybridized carbons (Fsp3) is 0.0952. The lowest BCUT2D eigenvalue weighted by atomic mass is 10.1. The molecule has 0 unspecified atom stereocenters. The average molecular weight is 487 g/mol. The highest BCUT2D eigenvalue weighted by Gasteiger charge is 2.14. The molecule has 3 rings (SSSR count). The zero-order chi connectivity index (χ0) is 21.0. The van der Waals surface area contributed by atoms with Gasteiger partial charge in [0.15, 0.2) is 0 Å². The van der Waals surface area contributed by atoms with Crippen molar-refractivity contribution >= 4 is 69.8 Å². The Hall–Kier alpha value is -1.56. The molecule has 0 aliphatic rings. The van der Waals surface area contributed by atoms with Gasteiger partial charge in [0, 0.05) is 26.8 Å². The first kappa shape index (κ1) is 22.1. The van der Waals surface area contributed by atoms with E-state index >= 15 is 0 Å². The van der Waals surface area contributed by atoms with Gasteiger partial charge < -0.3 is 10.1 Å². The first-order valence-corrected chi connectivity index (χ1v) is 10.9. The number of carbonyl (C=O) groups is 1. The van der Waals surface area contributed by atoms with Crippen molar-refractivity contribution in [1.82, 2.24) is 0 Å². The molecule has 3 aromatic rings. The molecule has 0 fully saturated rings. The molecule has 0 aliphatic carbocycles. The van der Waals surface area contributed by atoms with Crippen LogP contribution in [0.15, 0.2) is 59.5 Å². The van der Waals surface area contributed by atoms with Crippen molar-refractivity contribution in [3.63, 3.8) is 0 Å². The second-order valence-corrected chi connectivity index (χ2v) is 8.68. The van der Waals surface area contributed by atoms with E-state index in [4.69, 9.17) is 51.1 Å². The smallest absolute Gasteiger partial charge is 0.255 e. The van der Waals surface area contributed by atoms with E-state index in [9.17, 15) is 4.79 Å². The average Bonchev–Trinajstić information content (AvgIpc) is 2.71. The molecule has 3 nitrogen and oxygen atoms in total. The van der Waals surface area contributed by atoms with Crippen LogP contribution in [0.1, 0.15) is 15.9 Å². The van der Waals surface area contributed by atoms with Gasteiger partial charge in [-0.25, -0.2) is 0 Å². The van der Waals surface area contributed by atoms with Gasteiger partial charge in [-0.15, -0.1) is 11.8 Å². The van der Waals surface area contributed by atoms with E-state index in [1.165, 1.54) is 12.1 Å². The molecule has 1 amide bonds. The fourth-order valence-electron chi connectivity index (χ4n) is 2.54. The van der Waals surface area contributed by atoms with E-state index in [0.717, 1.165) is 10.5 Å². The molecular weight excluding hydrogens is 472 g/mol. The summed E-state index contributed by atoms with van der Waals surface area (Å²) in [5, 5.41) is 4.38. The van der Waals surface area contributed by atoms with Gasteiger partial charge in [-0.1, -0.05) is 46.4 Å². The number of hydrogen-bond acceptors (Lipinski definition) is 3. The molecule has 0 aromatic heterocycles. The molecule has 0 aliphatic heterocycles. The van der Waals surface area contributed by atoms with Crippen molar-refractivity contribution in [1.29, 1.82) is 0 Å². The van der Waals surface area contributed by atoms with Gasteiger partial charge in [0.25, 0.3) is 5.91 Å². The lowest BCUT2D eigenvalue weighted by molar-refractivity contribution is 0.102. The van der Waals surface area contributed by atoms with Gasteiger partial charge in [-0.05, 0) is 54.6 Å². The van der Waals surface area contributed by atoms with Crippen molar-refractivity contribution in [2.24, 2.45) is 0 Å². The highest BCUT2D eigenvalue weighted by atomic mass is 35.5. The monoisotopic (exact) mass is 485 g/mol. The molecule has 0 bridgehead atoms. The summed E-state index contributed by atoms with van der Waals surface area (Å²) in [4.78, 5) is 13.8. The van der Waals surface area contributed by atoms with E-state index in [1.807, 2.05) is 24.3 Å². The molecule has 0 atom stereocenters. The Kier molecular flexibility index (Phi) is 7.60. The Morgan fingerprint density at radius 2 is 1.62 bits per heavy atom. The molecule has 150 valence electrons. The largest absolute Gasteiger partial charge is 0.496 e. The van der Waals surface area contributed by atoms with Gasteiger partial charge in [0.05, 0.1) is 27.9 Å². The standard InChI is InChI=1S/C21H15Cl4NO2S/c1-28-20-7-2-12(8-13(20)11-29-15-5-3-14(22)4-6-15)21(27)26-19-10-17(24)16(23)9-18(19)25/h2-10H,11H2,1H3,(H,26,27). The third kappa shape index (κ3) is 5.74. The summed E-state index contributed by atoms with van der Waals surface area (Å²) >= 11 is 25.7. The lowest BCUT2D eigenvalue weighted by Crippen LogP contribution is -2.12. The van der Waals surface area contributed by atoms with Crippen LogP contribution in [0, 0.1) is 0 Å². The van der Waals surface area contributed by atoms with Gasteiger partial charge in [0.2, 0.25) is 0 Å². The Morgan fingerprint density at radius 3 is 2.31 bits per heavy atom. The summed E-state index contributed by atoms with van der Waals surface area (Å²) < 4.78 is 5.43. The summed E-state index contributed by atoms with van der Waals surface area (Å²) in [7, 11) is 1.60. The first-order valence-electron chi connectivity index (χ1n) is 8.38. The molecule has 0 spiro atoms. The summed E-state index contributed by atoms with van der Waals surface area (Å²) in [5.74, 6) is 1.01. The molecule has 0 radical (unpaired) electrons. The number of methoxy groups -OCH3 is 1. The quantitative estimate of drug-likeness (QED) is 0.284. The minimum atomic E-state index is -0.314. The maximum Gasteiger partial charge on any atom is 0.255 e. The topological polar surface area (TPSA) is 38.3 Å². The molecule has 0 saturated heterocycles. The van der Waals surface area contributed by atoms with Crippen LogP contribution < -0.4 is 10.1 Å². The number of ether oxygens (including phenoxy) is 1. The van der Waals surface area contributed by atoms with Crippen molar-refractivity contribution in [2.45, 2.75) is 10.6 Å². The summed E-state index contributed by atoms with van der Waals surface area (Å²) in [6.07, 6.45) is 0. The molecule has 3 aromatic carbocycles. The second-order valence-electron chi connectivity index (χ2n) is 5.97. The first-order chi connectivity index (χ1) is 13.9. The van der Waals surface area contributed by atoms with E-state index in [2.05, 4.69) is 5.32 Å². The predicted octanol–water partition coefficient (Wildman–Crippen LogP) is 7.85. The van der Waals surface area contributed by atoms with Gasteiger partial charge >= 0.3 is 0 Å². The van der Waals surface area contributed by atoms with E-state index in [-0.39, 0.29) is 5.91 Å². The third-order valence-corrected chi connectivity index (χ3v) is 6.36. The number of amides is 1. The van der Waals surface area contributed by atoms with Crippen molar-refractivity contribution in [3.05, 3.63) is 85.8 Å². The van der Waals surface area contributed by atoms with Gasteiger partial charge in [-0.2, -0.15) is 0 Å². The van der Waals surface area contributed by atoms with Crippen molar-refractivity contribution in [2.75, 3.05) is 12.4 Å². The minimum Gasteiger partial charge on any atom is -0.496 e. The molecule has 0 heterocycles. The number of thioether (sulfide) groups is 1. The van der Waals surface area contributed by atoms with E-state index in [0.29, 0.717) is 42.8 Å². The number of hydrogen-bond donors (Lipinski definition) is 1. The fourth-order valence-corrected chi connectivity index (χ4v) is 4.13. The molecular formula is C21H15Cl4NO2S. The van der Waals surface area contributed by atoms with Crippen LogP contribution in [0.4, 0.5) is 5.69 Å². The minimum absolute atomic E-state index is 0.305. The summed E-state index contributed by atoms with van der Waals surface area (Å²) in [5.41, 5.74) is 1.75. The zero-order valence-corrected chi connectivity index (χ0v) is 19.0. The van der Waals surface area contributed by atoms with Crippen LogP contribution in [-0.2, 0) is 5.75 Å². The second kappa shape index (κ2) is 9.96. The van der Waals surface area contributed by atoms with Crippen LogP contribution in [0.3, 0.4) is 0 Å². The number of nitrogens with one attached hydrogen (secondary N) is 1. The van der Waals surface area contributed by atoms with Gasteiger partial charge in [0.1, 0.15) is 5.75 Å². The van der Waals surface area contributed by atoms with Crippen LogP contribution in [0.25, 0.3) is 0 Å². The maximum atomic E-state index is 12.7. The highest BCUT2D eigenvalue weighted by molar-refractivity contribution is 7.98. The molecule has 29 heavy (non-hydrogen) atoms. The Labute approximate surface area is 193 Å². The number of carbonyl (C=O) groups excluding carboxylic acids is 1. The number of anilines is 1. The van der Waals surface area contributed by atoms with Crippen LogP contribution in [0.5, 0.6) is 5.75 Å². The van der Waals surface area contributed by atoms with Crippen LogP contribution >= 0.6 is 58.2 Å². The number of rotatable bonds is 6. The lowest BCUT2D eigenvalue weighted by Gasteiger charge is -2.12. The third-order valence-electron chi connectivity index (χ3n) is 4.01. The Bertz CT molecular complexity index is 1040. The van der Waals surface area contributed by atoms with Crippen molar-refractivity contribution in [3.8, 4) is 5.75 Å². The van der Waals surface area contributed by atoms with Crippen LogP contribution in [-0.4, -0.2) is 13.0 Å². The van der Waals surface area contributed by atoms with Gasteiger partial charge in [-0.3, -0.25) is 4.79 Å². The maximum absolute atomic E-state index is 12.7. The molecule has 8 heteroatoms. The summed E-state index contributed by atoms with van der Waals surface area (Å²) in [6, 6.07) is 15.8.